The average molecular weight is 687 g/mol. The van der Waals surface area contributed by atoms with E-state index in [0.29, 0.717) is 24.9 Å². The summed E-state index contributed by atoms with van der Waals surface area (Å²) in [6, 6.07) is 50.4. The van der Waals surface area contributed by atoms with Crippen molar-refractivity contribution in [1.29, 1.82) is 0 Å². The van der Waals surface area contributed by atoms with Gasteiger partial charge in [-0.2, -0.15) is 0 Å². The number of anilines is 6. The van der Waals surface area contributed by atoms with Gasteiger partial charge in [0.15, 0.2) is 0 Å². The minimum absolute atomic E-state index is 0.466. The van der Waals surface area contributed by atoms with E-state index in [0.717, 1.165) is 64.5 Å². The lowest BCUT2D eigenvalue weighted by atomic mass is 9.97. The Labute approximate surface area is 306 Å². The Kier molecular flexibility index (Phi) is 10.6. The molecule has 260 valence electrons. The molecule has 6 aromatic carbocycles. The number of nitrogens with zero attached hydrogens (tertiary/aromatic N) is 2. The van der Waals surface area contributed by atoms with E-state index in [1.54, 1.807) is 12.1 Å². The molecule has 0 radical (unpaired) electrons. The molecule has 0 bridgehead atoms. The first-order valence-corrected chi connectivity index (χ1v) is 17.5. The maximum absolute atomic E-state index is 11.7. The van der Waals surface area contributed by atoms with Crippen LogP contribution < -0.4 is 14.5 Å². The summed E-state index contributed by atoms with van der Waals surface area (Å²) in [5.41, 5.74) is 12.2. The molecule has 0 atom stereocenters. The number of carbonyl (C=O) groups excluding carboxylic acids is 1. The third-order valence-corrected chi connectivity index (χ3v) is 9.25. The number of rotatable bonds is 13. The highest BCUT2D eigenvalue weighted by atomic mass is 16.5. The summed E-state index contributed by atoms with van der Waals surface area (Å²) in [7, 11) is 0. The molecule has 0 aromatic heterocycles. The first kappa shape index (κ1) is 34.5. The molecule has 0 aliphatic carbocycles. The van der Waals surface area contributed by atoms with Gasteiger partial charge in [-0.3, -0.25) is 0 Å². The number of benzene rings is 6. The first-order chi connectivity index (χ1) is 25.4. The van der Waals surface area contributed by atoms with Crippen LogP contribution in [0.2, 0.25) is 0 Å². The number of hydrogen-bond acceptors (Lipinski definition) is 6. The predicted molar refractivity (Wildman–Crippen MR) is 210 cm³/mol. The van der Waals surface area contributed by atoms with Gasteiger partial charge in [0.2, 0.25) is 0 Å². The zero-order valence-corrected chi connectivity index (χ0v) is 29.6. The quantitative estimate of drug-likeness (QED) is 0.0685. The highest BCUT2D eigenvalue weighted by Crippen LogP contribution is 2.37. The van der Waals surface area contributed by atoms with Gasteiger partial charge in [-0.05, 0) is 115 Å². The van der Waals surface area contributed by atoms with Crippen molar-refractivity contribution in [2.24, 2.45) is 0 Å². The summed E-state index contributed by atoms with van der Waals surface area (Å²) in [5, 5.41) is 0. The van der Waals surface area contributed by atoms with Crippen LogP contribution >= 0.6 is 0 Å². The molecule has 52 heavy (non-hydrogen) atoms. The van der Waals surface area contributed by atoms with Crippen LogP contribution in [-0.2, 0) is 27.5 Å². The van der Waals surface area contributed by atoms with Gasteiger partial charge in [0.05, 0.1) is 26.4 Å². The molecule has 6 heteroatoms. The molecular weight excluding hydrogens is 645 g/mol. The third kappa shape index (κ3) is 8.16. The summed E-state index contributed by atoms with van der Waals surface area (Å²) in [6.07, 6.45) is 1.15. The molecule has 0 saturated carbocycles. The van der Waals surface area contributed by atoms with Crippen molar-refractivity contribution in [2.45, 2.75) is 33.0 Å². The standard InChI is InChI=1S/C46H42N2O4/c1-4-46(49)52-45-27-25-44(26-28-45)48(40-17-7-34(3)8-18-40)42-21-11-36(12-22-42)30-50-29-35-9-19-41(20-10-35)47(39-15-5-33(2)6-16-39)43-23-13-37(14-24-43)38-31-51-32-38/h4-28,38H,1,29-32H2,2-3H3. The van der Waals surface area contributed by atoms with Gasteiger partial charge in [-0.25, -0.2) is 4.79 Å². The molecule has 0 unspecified atom stereocenters. The largest absolute Gasteiger partial charge is 0.423 e. The number of hydrogen-bond donors (Lipinski definition) is 0. The monoisotopic (exact) mass is 686 g/mol. The Morgan fingerprint density at radius 3 is 1.33 bits per heavy atom. The maximum Gasteiger partial charge on any atom is 0.335 e. The Morgan fingerprint density at radius 1 is 0.596 bits per heavy atom. The lowest BCUT2D eigenvalue weighted by molar-refractivity contribution is -0.128. The summed E-state index contributed by atoms with van der Waals surface area (Å²) >= 11 is 0. The fraction of sp³-hybridized carbons (Fsp3) is 0.152. The van der Waals surface area contributed by atoms with E-state index in [9.17, 15) is 4.79 Å². The molecule has 1 fully saturated rings. The SMILES string of the molecule is C=CC(=O)Oc1ccc(N(c2ccc(C)cc2)c2ccc(COCc3ccc(N(c4ccc(C)cc4)c4ccc(C5COC5)cc4)cc3)cc2)cc1. The lowest BCUT2D eigenvalue weighted by Crippen LogP contribution is -2.25. The van der Waals surface area contributed by atoms with E-state index in [-0.39, 0.29) is 0 Å². The van der Waals surface area contributed by atoms with E-state index in [4.69, 9.17) is 14.2 Å². The molecule has 1 aliphatic rings. The maximum atomic E-state index is 11.7. The lowest BCUT2D eigenvalue weighted by Gasteiger charge is -2.28. The summed E-state index contributed by atoms with van der Waals surface area (Å²) in [5.74, 6) is 0.474. The fourth-order valence-electron chi connectivity index (χ4n) is 6.20. The summed E-state index contributed by atoms with van der Waals surface area (Å²) in [4.78, 5) is 16.1. The minimum Gasteiger partial charge on any atom is -0.423 e. The molecule has 7 rings (SSSR count). The van der Waals surface area contributed by atoms with Gasteiger partial charge >= 0.3 is 5.97 Å². The van der Waals surface area contributed by atoms with Crippen LogP contribution in [0.5, 0.6) is 5.75 Å². The Morgan fingerprint density at radius 2 is 0.962 bits per heavy atom. The van der Waals surface area contributed by atoms with Crippen LogP contribution in [-0.4, -0.2) is 19.2 Å². The van der Waals surface area contributed by atoms with Crippen molar-refractivity contribution in [3.8, 4) is 5.75 Å². The van der Waals surface area contributed by atoms with Crippen molar-refractivity contribution < 1.29 is 19.0 Å². The second-order valence-corrected chi connectivity index (χ2v) is 13.1. The van der Waals surface area contributed by atoms with Gasteiger partial charge in [0, 0.05) is 46.1 Å². The third-order valence-electron chi connectivity index (χ3n) is 9.25. The molecule has 1 heterocycles. The number of ether oxygens (including phenoxy) is 3. The minimum atomic E-state index is -0.486. The van der Waals surface area contributed by atoms with Crippen LogP contribution in [0.15, 0.2) is 158 Å². The zero-order valence-electron chi connectivity index (χ0n) is 29.6. The summed E-state index contributed by atoms with van der Waals surface area (Å²) in [6.45, 7) is 10.3. The highest BCUT2D eigenvalue weighted by molar-refractivity contribution is 5.84. The normalized spacial score (nSPS) is 12.5. The van der Waals surface area contributed by atoms with Crippen LogP contribution in [0.3, 0.4) is 0 Å². The van der Waals surface area contributed by atoms with E-state index >= 15 is 0 Å². The second kappa shape index (κ2) is 15.9. The highest BCUT2D eigenvalue weighted by Gasteiger charge is 2.21. The molecule has 6 nitrogen and oxygen atoms in total. The first-order valence-electron chi connectivity index (χ1n) is 17.5. The van der Waals surface area contributed by atoms with Gasteiger partial charge < -0.3 is 24.0 Å². The van der Waals surface area contributed by atoms with Crippen LogP contribution in [0.4, 0.5) is 34.1 Å². The molecule has 0 amide bonds. The Hall–Kier alpha value is -5.95. The van der Waals surface area contributed by atoms with Gasteiger partial charge in [0.25, 0.3) is 0 Å². The number of aryl methyl sites for hydroxylation is 2. The Balaban J connectivity index is 1.02. The molecule has 0 spiro atoms. The van der Waals surface area contributed by atoms with Gasteiger partial charge in [-0.15, -0.1) is 0 Å². The van der Waals surface area contributed by atoms with E-state index < -0.39 is 5.97 Å². The molecule has 6 aromatic rings. The van der Waals surface area contributed by atoms with Crippen molar-refractivity contribution in [3.05, 3.63) is 186 Å². The van der Waals surface area contributed by atoms with E-state index in [1.165, 1.54) is 16.7 Å². The predicted octanol–water partition coefficient (Wildman–Crippen LogP) is 11.2. The van der Waals surface area contributed by atoms with Crippen LogP contribution in [0.25, 0.3) is 0 Å². The van der Waals surface area contributed by atoms with Crippen molar-refractivity contribution >= 4 is 40.1 Å². The van der Waals surface area contributed by atoms with Crippen LogP contribution in [0.1, 0.15) is 33.7 Å². The van der Waals surface area contributed by atoms with E-state index in [2.05, 4.69) is 152 Å². The average Bonchev–Trinajstić information content (AvgIpc) is 3.15. The van der Waals surface area contributed by atoms with Crippen molar-refractivity contribution in [3.63, 3.8) is 0 Å². The number of esters is 1. The van der Waals surface area contributed by atoms with Gasteiger partial charge in [-0.1, -0.05) is 78.4 Å². The molecule has 0 N–H and O–H groups in total. The van der Waals surface area contributed by atoms with Crippen molar-refractivity contribution in [2.75, 3.05) is 23.0 Å². The topological polar surface area (TPSA) is 51.2 Å². The molecule has 1 saturated heterocycles. The molecular formula is C46H42N2O4. The second-order valence-electron chi connectivity index (χ2n) is 13.1. The fourth-order valence-corrected chi connectivity index (χ4v) is 6.20. The molecule has 1 aliphatic heterocycles. The Bertz CT molecular complexity index is 2090. The summed E-state index contributed by atoms with van der Waals surface area (Å²) < 4.78 is 16.9. The zero-order chi connectivity index (χ0) is 35.9. The van der Waals surface area contributed by atoms with Crippen molar-refractivity contribution in [1.82, 2.24) is 0 Å². The van der Waals surface area contributed by atoms with Gasteiger partial charge in [0.1, 0.15) is 5.75 Å². The van der Waals surface area contributed by atoms with Crippen LogP contribution in [0, 0.1) is 13.8 Å². The smallest absolute Gasteiger partial charge is 0.335 e. The van der Waals surface area contributed by atoms with E-state index in [1.807, 2.05) is 12.1 Å². The number of carbonyl (C=O) groups is 1.